The van der Waals surface area contributed by atoms with Crippen LogP contribution >= 0.6 is 24.0 Å². The fourth-order valence-electron chi connectivity index (χ4n) is 2.35. The van der Waals surface area contributed by atoms with Gasteiger partial charge in [0.1, 0.15) is 12.4 Å². The van der Waals surface area contributed by atoms with Crippen LogP contribution in [0.5, 0.6) is 17.2 Å². The Kier molecular flexibility index (Phi) is 11.0. The molecule has 7 nitrogen and oxygen atoms in total. The van der Waals surface area contributed by atoms with Crippen LogP contribution < -0.4 is 24.8 Å². The second kappa shape index (κ2) is 13.0. The van der Waals surface area contributed by atoms with Crippen LogP contribution in [0.25, 0.3) is 0 Å². The van der Waals surface area contributed by atoms with Gasteiger partial charge >= 0.3 is 0 Å². The first-order valence-corrected chi connectivity index (χ1v) is 8.45. The van der Waals surface area contributed by atoms with Gasteiger partial charge in [0.05, 0.1) is 27.0 Å². The molecule has 0 aliphatic carbocycles. The summed E-state index contributed by atoms with van der Waals surface area (Å²) in [5.74, 6) is 2.96. The predicted molar refractivity (Wildman–Crippen MR) is 118 cm³/mol. The molecule has 0 aliphatic heterocycles. The molecule has 148 valence electrons. The van der Waals surface area contributed by atoms with Crippen molar-refractivity contribution in [2.75, 3.05) is 41.0 Å². The molecule has 27 heavy (non-hydrogen) atoms. The van der Waals surface area contributed by atoms with E-state index < -0.39 is 0 Å². The lowest BCUT2D eigenvalue weighted by Gasteiger charge is -2.13. The van der Waals surface area contributed by atoms with Gasteiger partial charge in [-0.25, -0.2) is 0 Å². The van der Waals surface area contributed by atoms with E-state index in [1.165, 1.54) is 0 Å². The Balaban J connectivity index is 0.00000364. The highest BCUT2D eigenvalue weighted by molar-refractivity contribution is 14.0. The van der Waals surface area contributed by atoms with Crippen LogP contribution in [-0.2, 0) is 6.42 Å². The number of hydrogen-bond donors (Lipinski definition) is 2. The second-order valence-corrected chi connectivity index (χ2v) is 5.40. The summed E-state index contributed by atoms with van der Waals surface area (Å²) in [5, 5.41) is 6.50. The maximum atomic E-state index is 5.59. The minimum atomic E-state index is 0. The zero-order valence-corrected chi connectivity index (χ0v) is 18.2. The van der Waals surface area contributed by atoms with E-state index in [1.807, 2.05) is 30.3 Å². The molecular weight excluding hydrogens is 459 g/mol. The average molecular weight is 486 g/mol. The van der Waals surface area contributed by atoms with Gasteiger partial charge in [-0.1, -0.05) is 6.07 Å². The first-order chi connectivity index (χ1) is 12.8. The monoisotopic (exact) mass is 486 g/mol. The topological polar surface area (TPSA) is 77.0 Å². The van der Waals surface area contributed by atoms with Crippen molar-refractivity contribution in [3.8, 4) is 17.2 Å². The number of ether oxygens (including phenoxy) is 3. The van der Waals surface area contributed by atoms with Gasteiger partial charge in [-0.05, 0) is 36.2 Å². The minimum Gasteiger partial charge on any atom is -0.493 e. The van der Waals surface area contributed by atoms with Crippen molar-refractivity contribution in [2.45, 2.75) is 6.42 Å². The third-order valence-electron chi connectivity index (χ3n) is 3.68. The number of aliphatic imine (C=N–C) groups is 1. The molecule has 0 saturated carbocycles. The maximum absolute atomic E-state index is 5.59. The minimum absolute atomic E-state index is 0. The molecular formula is C19H27IN4O3. The van der Waals surface area contributed by atoms with Crippen molar-refractivity contribution in [1.82, 2.24) is 15.6 Å². The number of aromatic nitrogens is 1. The Morgan fingerprint density at radius 3 is 2.52 bits per heavy atom. The maximum Gasteiger partial charge on any atom is 0.191 e. The lowest BCUT2D eigenvalue weighted by Crippen LogP contribution is -2.40. The average Bonchev–Trinajstić information content (AvgIpc) is 2.70. The molecule has 0 bridgehead atoms. The van der Waals surface area contributed by atoms with Gasteiger partial charge in [0.2, 0.25) is 0 Å². The number of halogens is 1. The number of benzene rings is 1. The summed E-state index contributed by atoms with van der Waals surface area (Å²) < 4.78 is 16.2. The summed E-state index contributed by atoms with van der Waals surface area (Å²) in [7, 11) is 5.01. The van der Waals surface area contributed by atoms with Crippen molar-refractivity contribution in [1.29, 1.82) is 0 Å². The molecule has 1 heterocycles. The third-order valence-corrected chi connectivity index (χ3v) is 3.68. The molecule has 0 atom stereocenters. The van der Waals surface area contributed by atoms with Crippen molar-refractivity contribution in [3.63, 3.8) is 0 Å². The van der Waals surface area contributed by atoms with Gasteiger partial charge in [-0.2, -0.15) is 0 Å². The van der Waals surface area contributed by atoms with Crippen LogP contribution in [0.1, 0.15) is 5.56 Å². The highest BCUT2D eigenvalue weighted by Gasteiger charge is 2.05. The molecule has 2 rings (SSSR count). The number of hydrogen-bond acceptors (Lipinski definition) is 5. The number of methoxy groups -OCH3 is 2. The van der Waals surface area contributed by atoms with Gasteiger partial charge in [-0.15, -0.1) is 24.0 Å². The van der Waals surface area contributed by atoms with E-state index in [2.05, 4.69) is 20.6 Å². The van der Waals surface area contributed by atoms with Crippen LogP contribution in [-0.4, -0.2) is 51.9 Å². The fourth-order valence-corrected chi connectivity index (χ4v) is 2.35. The molecule has 0 amide bonds. The molecule has 1 aromatic heterocycles. The van der Waals surface area contributed by atoms with Crippen molar-refractivity contribution < 1.29 is 14.2 Å². The summed E-state index contributed by atoms with van der Waals surface area (Å²) in [5.41, 5.74) is 1.16. The first-order valence-electron chi connectivity index (χ1n) is 8.45. The molecule has 0 radical (unpaired) electrons. The molecule has 0 unspecified atom stereocenters. The molecule has 8 heteroatoms. The summed E-state index contributed by atoms with van der Waals surface area (Å²) in [6.45, 7) is 1.92. The van der Waals surface area contributed by atoms with Crippen LogP contribution in [0.2, 0.25) is 0 Å². The largest absolute Gasteiger partial charge is 0.493 e. The molecule has 2 aromatic rings. The molecule has 0 spiro atoms. The lowest BCUT2D eigenvalue weighted by molar-refractivity contribution is 0.320. The summed E-state index contributed by atoms with van der Waals surface area (Å²) >= 11 is 0. The number of nitrogens with one attached hydrogen (secondary N) is 2. The van der Waals surface area contributed by atoms with E-state index in [1.54, 1.807) is 33.7 Å². The lowest BCUT2D eigenvalue weighted by atomic mass is 10.1. The Hall–Kier alpha value is -2.23. The zero-order valence-electron chi connectivity index (χ0n) is 15.9. The Morgan fingerprint density at radius 1 is 1.07 bits per heavy atom. The zero-order chi connectivity index (χ0) is 18.6. The van der Waals surface area contributed by atoms with Crippen LogP contribution in [0.3, 0.4) is 0 Å². The number of guanidine groups is 1. The number of pyridine rings is 1. The van der Waals surface area contributed by atoms with Crippen molar-refractivity contribution >= 4 is 29.9 Å². The van der Waals surface area contributed by atoms with Gasteiger partial charge in [0, 0.05) is 19.8 Å². The van der Waals surface area contributed by atoms with Gasteiger partial charge in [0.15, 0.2) is 17.5 Å². The van der Waals surface area contributed by atoms with E-state index in [0.29, 0.717) is 13.2 Å². The summed E-state index contributed by atoms with van der Waals surface area (Å²) in [6.07, 6.45) is 4.25. The van der Waals surface area contributed by atoms with Crippen LogP contribution in [0.15, 0.2) is 47.7 Å². The smallest absolute Gasteiger partial charge is 0.191 e. The second-order valence-electron chi connectivity index (χ2n) is 5.40. The Bertz CT molecular complexity index is 699. The van der Waals surface area contributed by atoms with E-state index in [0.717, 1.165) is 41.7 Å². The molecule has 0 fully saturated rings. The van der Waals surface area contributed by atoms with E-state index in [-0.39, 0.29) is 24.0 Å². The summed E-state index contributed by atoms with van der Waals surface area (Å²) in [6, 6.07) is 9.65. The highest BCUT2D eigenvalue weighted by atomic mass is 127. The number of nitrogens with zero attached hydrogens (tertiary/aromatic N) is 2. The Morgan fingerprint density at radius 2 is 1.85 bits per heavy atom. The molecule has 2 N–H and O–H groups in total. The van der Waals surface area contributed by atoms with E-state index in [4.69, 9.17) is 14.2 Å². The van der Waals surface area contributed by atoms with E-state index in [9.17, 15) is 0 Å². The standard InChI is InChI=1S/C19H26N4O3.HI/c1-20-19(23-11-12-26-16-5-4-9-21-14-16)22-10-8-15-6-7-17(24-2)18(13-15)25-3;/h4-7,9,13-14H,8,10-12H2,1-3H3,(H2,20,22,23);1H. The van der Waals surface area contributed by atoms with E-state index >= 15 is 0 Å². The Labute approximate surface area is 177 Å². The molecule has 0 aliphatic rings. The van der Waals surface area contributed by atoms with Gasteiger partial charge < -0.3 is 24.8 Å². The van der Waals surface area contributed by atoms with Crippen molar-refractivity contribution in [2.24, 2.45) is 4.99 Å². The third kappa shape index (κ3) is 7.90. The quantitative estimate of drug-likeness (QED) is 0.246. The number of rotatable bonds is 9. The molecule has 1 aromatic carbocycles. The van der Waals surface area contributed by atoms with Gasteiger partial charge in [-0.3, -0.25) is 9.98 Å². The first kappa shape index (κ1) is 22.8. The van der Waals surface area contributed by atoms with Crippen molar-refractivity contribution in [3.05, 3.63) is 48.3 Å². The summed E-state index contributed by atoms with van der Waals surface area (Å²) in [4.78, 5) is 8.22. The van der Waals surface area contributed by atoms with Crippen LogP contribution in [0, 0.1) is 0 Å². The molecule has 0 saturated heterocycles. The normalized spacial score (nSPS) is 10.6. The van der Waals surface area contributed by atoms with Gasteiger partial charge in [0.25, 0.3) is 0 Å². The predicted octanol–water partition coefficient (Wildman–Crippen LogP) is 2.50. The highest BCUT2D eigenvalue weighted by Crippen LogP contribution is 2.27. The fraction of sp³-hybridized carbons (Fsp3) is 0.368. The van der Waals surface area contributed by atoms with Crippen LogP contribution in [0.4, 0.5) is 0 Å². The SMILES string of the molecule is CN=C(NCCOc1cccnc1)NCCc1ccc(OC)c(OC)c1.I.